The molecule has 4 nitrogen and oxygen atoms in total. The molecule has 0 radical (unpaired) electrons. The number of benzene rings is 2. The van der Waals surface area contributed by atoms with Crippen molar-refractivity contribution in [1.29, 1.82) is 0 Å². The van der Waals surface area contributed by atoms with Gasteiger partial charge in [0.05, 0.1) is 17.0 Å². The first-order chi connectivity index (χ1) is 13.9. The van der Waals surface area contributed by atoms with Gasteiger partial charge < -0.3 is 4.57 Å². The number of carbonyl (C=O) groups is 1. The van der Waals surface area contributed by atoms with Crippen LogP contribution in [0.3, 0.4) is 0 Å². The Kier molecular flexibility index (Phi) is 4.71. The number of aromatic nitrogens is 1. The minimum Gasteiger partial charge on any atom is -0.318 e. The topological polar surface area (TPSA) is 37.6 Å². The van der Waals surface area contributed by atoms with E-state index in [0.717, 1.165) is 28.4 Å². The summed E-state index contributed by atoms with van der Waals surface area (Å²) < 4.78 is 2.26. The predicted octanol–water partition coefficient (Wildman–Crippen LogP) is 5.52. The lowest BCUT2D eigenvalue weighted by Gasteiger charge is -2.14. The maximum Gasteiger partial charge on any atom is 0.280 e. The Morgan fingerprint density at radius 3 is 2.34 bits per heavy atom. The number of amides is 1. The Labute approximate surface area is 171 Å². The minimum atomic E-state index is -0.0924. The summed E-state index contributed by atoms with van der Waals surface area (Å²) in [6.07, 6.45) is 1.97. The third kappa shape index (κ3) is 3.21. The molecule has 1 aromatic heterocycles. The van der Waals surface area contributed by atoms with Gasteiger partial charge in [-0.1, -0.05) is 30.3 Å². The van der Waals surface area contributed by atoms with Gasteiger partial charge in [-0.15, -0.1) is 0 Å². The molecule has 0 aliphatic carbocycles. The van der Waals surface area contributed by atoms with E-state index in [4.69, 9.17) is 0 Å². The van der Waals surface area contributed by atoms with Gasteiger partial charge in [-0.25, -0.2) is 0 Å². The lowest BCUT2D eigenvalue weighted by molar-refractivity contribution is -0.114. The molecule has 4 heteroatoms. The molecular formula is C25H25N3O. The van der Waals surface area contributed by atoms with Gasteiger partial charge in [0.25, 0.3) is 5.91 Å². The van der Waals surface area contributed by atoms with Crippen LogP contribution in [0.4, 0.5) is 5.69 Å². The summed E-state index contributed by atoms with van der Waals surface area (Å²) in [5, 5.41) is 5.96. The molecule has 146 valence electrons. The fourth-order valence-electron chi connectivity index (χ4n) is 3.87. The zero-order valence-corrected chi connectivity index (χ0v) is 17.5. The summed E-state index contributed by atoms with van der Waals surface area (Å²) >= 11 is 0. The third-order valence-corrected chi connectivity index (χ3v) is 5.65. The van der Waals surface area contributed by atoms with Crippen LogP contribution in [0.5, 0.6) is 0 Å². The Balaban J connectivity index is 1.76. The standard InChI is InChI=1S/C25H25N3O/c1-16-10-9-13-24(18(16)3)27-17(2)14-21(20(27)5)15-23-19(4)26-28(25(23)29)22-11-7-6-8-12-22/h6-15H,1-5H3. The Hall–Kier alpha value is -3.40. The van der Waals surface area contributed by atoms with Crippen LogP contribution in [0.15, 0.2) is 65.3 Å². The van der Waals surface area contributed by atoms with Crippen molar-refractivity contribution in [2.45, 2.75) is 34.6 Å². The number of carbonyl (C=O) groups excluding carboxylic acids is 1. The molecule has 0 bridgehead atoms. The molecule has 3 aromatic rings. The zero-order chi connectivity index (χ0) is 20.7. The highest BCUT2D eigenvalue weighted by molar-refractivity contribution is 6.32. The molecule has 29 heavy (non-hydrogen) atoms. The van der Waals surface area contributed by atoms with Crippen LogP contribution in [0.25, 0.3) is 11.8 Å². The summed E-state index contributed by atoms with van der Waals surface area (Å²) in [6, 6.07) is 18.0. The SMILES string of the molecule is CC1=NN(c2ccccc2)C(=O)C1=Cc1cc(C)n(-c2cccc(C)c2C)c1C. The lowest BCUT2D eigenvalue weighted by Crippen LogP contribution is -2.21. The highest BCUT2D eigenvalue weighted by Crippen LogP contribution is 2.29. The molecule has 2 heterocycles. The van der Waals surface area contributed by atoms with E-state index in [1.165, 1.54) is 21.8 Å². The maximum absolute atomic E-state index is 13.0. The van der Waals surface area contributed by atoms with Crippen LogP contribution in [0.2, 0.25) is 0 Å². The van der Waals surface area contributed by atoms with E-state index >= 15 is 0 Å². The van der Waals surface area contributed by atoms with Gasteiger partial charge in [-0.2, -0.15) is 10.1 Å². The molecule has 1 aliphatic rings. The number of hydrogen-bond acceptors (Lipinski definition) is 2. The third-order valence-electron chi connectivity index (χ3n) is 5.65. The minimum absolute atomic E-state index is 0.0924. The first kappa shape index (κ1) is 18.9. The van der Waals surface area contributed by atoms with E-state index in [0.29, 0.717) is 5.57 Å². The first-order valence-electron chi connectivity index (χ1n) is 9.81. The van der Waals surface area contributed by atoms with Crippen molar-refractivity contribution in [1.82, 2.24) is 4.57 Å². The van der Waals surface area contributed by atoms with Crippen molar-refractivity contribution in [2.75, 3.05) is 5.01 Å². The van der Waals surface area contributed by atoms with Gasteiger partial charge in [0.15, 0.2) is 0 Å². The summed E-state index contributed by atoms with van der Waals surface area (Å²) in [5.41, 5.74) is 9.15. The molecule has 0 unspecified atom stereocenters. The van der Waals surface area contributed by atoms with Gasteiger partial charge in [0, 0.05) is 17.1 Å². The van der Waals surface area contributed by atoms with Gasteiger partial charge in [0.1, 0.15) is 0 Å². The molecule has 1 amide bonds. The Bertz CT molecular complexity index is 1170. The number of anilines is 1. The normalized spacial score (nSPS) is 15.3. The summed E-state index contributed by atoms with van der Waals surface area (Å²) in [6.45, 7) is 10.4. The molecule has 0 saturated carbocycles. The van der Waals surface area contributed by atoms with E-state index in [2.05, 4.69) is 61.6 Å². The van der Waals surface area contributed by atoms with Crippen LogP contribution >= 0.6 is 0 Å². The van der Waals surface area contributed by atoms with E-state index in [-0.39, 0.29) is 5.91 Å². The van der Waals surface area contributed by atoms with E-state index in [1.54, 1.807) is 0 Å². The molecule has 0 fully saturated rings. The number of nitrogens with zero attached hydrogens (tertiary/aromatic N) is 3. The van der Waals surface area contributed by atoms with Gasteiger partial charge in [0.2, 0.25) is 0 Å². The molecule has 0 N–H and O–H groups in total. The molecule has 2 aromatic carbocycles. The molecule has 4 rings (SSSR count). The second-order valence-corrected chi connectivity index (χ2v) is 7.58. The van der Waals surface area contributed by atoms with Crippen molar-refractivity contribution in [3.63, 3.8) is 0 Å². The van der Waals surface area contributed by atoms with Crippen molar-refractivity contribution in [2.24, 2.45) is 5.10 Å². The van der Waals surface area contributed by atoms with Crippen LogP contribution < -0.4 is 5.01 Å². The Morgan fingerprint density at radius 1 is 0.897 bits per heavy atom. The first-order valence-corrected chi connectivity index (χ1v) is 9.81. The fourth-order valence-corrected chi connectivity index (χ4v) is 3.87. The maximum atomic E-state index is 13.0. The quantitative estimate of drug-likeness (QED) is 0.549. The Morgan fingerprint density at radius 2 is 1.62 bits per heavy atom. The largest absolute Gasteiger partial charge is 0.318 e. The number of hydrazone groups is 1. The van der Waals surface area contributed by atoms with E-state index in [9.17, 15) is 4.79 Å². The highest BCUT2D eigenvalue weighted by Gasteiger charge is 2.29. The van der Waals surface area contributed by atoms with E-state index in [1.807, 2.05) is 43.3 Å². The van der Waals surface area contributed by atoms with Crippen molar-refractivity contribution >= 4 is 23.4 Å². The average Bonchev–Trinajstić information content (AvgIpc) is 3.15. The number of rotatable bonds is 3. The van der Waals surface area contributed by atoms with Crippen molar-refractivity contribution in [3.05, 3.63) is 88.2 Å². The number of aryl methyl sites for hydroxylation is 2. The fraction of sp³-hybridized carbons (Fsp3) is 0.200. The molecule has 0 atom stereocenters. The lowest BCUT2D eigenvalue weighted by atomic mass is 10.1. The summed E-state index contributed by atoms with van der Waals surface area (Å²) in [4.78, 5) is 13.0. The van der Waals surface area contributed by atoms with Gasteiger partial charge in [-0.05, 0) is 81.7 Å². The molecular weight excluding hydrogens is 358 g/mol. The molecule has 0 saturated heterocycles. The van der Waals surface area contributed by atoms with Crippen LogP contribution in [0.1, 0.15) is 35.0 Å². The van der Waals surface area contributed by atoms with E-state index < -0.39 is 0 Å². The second-order valence-electron chi connectivity index (χ2n) is 7.58. The molecule has 0 spiro atoms. The summed E-state index contributed by atoms with van der Waals surface area (Å²) in [7, 11) is 0. The number of para-hydroxylation sites is 1. The summed E-state index contributed by atoms with van der Waals surface area (Å²) in [5.74, 6) is -0.0924. The smallest absolute Gasteiger partial charge is 0.280 e. The molecule has 1 aliphatic heterocycles. The second kappa shape index (κ2) is 7.21. The average molecular weight is 383 g/mol. The van der Waals surface area contributed by atoms with Gasteiger partial charge >= 0.3 is 0 Å². The monoisotopic (exact) mass is 383 g/mol. The van der Waals surface area contributed by atoms with Gasteiger partial charge in [-0.3, -0.25) is 4.79 Å². The van der Waals surface area contributed by atoms with Crippen LogP contribution in [-0.4, -0.2) is 16.2 Å². The highest BCUT2D eigenvalue weighted by atomic mass is 16.2. The zero-order valence-electron chi connectivity index (χ0n) is 17.5. The van der Waals surface area contributed by atoms with Crippen LogP contribution in [-0.2, 0) is 4.79 Å². The predicted molar refractivity (Wildman–Crippen MR) is 120 cm³/mol. The van der Waals surface area contributed by atoms with Crippen LogP contribution in [0, 0.1) is 27.7 Å². The number of hydrogen-bond donors (Lipinski definition) is 0. The van der Waals surface area contributed by atoms with Crippen molar-refractivity contribution < 1.29 is 4.79 Å². The van der Waals surface area contributed by atoms with Crippen molar-refractivity contribution in [3.8, 4) is 5.69 Å².